The number of rotatable bonds is 13. The summed E-state index contributed by atoms with van der Waals surface area (Å²) in [4.78, 5) is 29.7. The molecule has 0 bridgehead atoms. The number of nitrogens with zero attached hydrogens (tertiary/aromatic N) is 3. The number of carbonyl (C=O) groups is 2. The second-order valence-electron chi connectivity index (χ2n) is 12.7. The van der Waals surface area contributed by atoms with Gasteiger partial charge in [0.1, 0.15) is 9.07 Å². The average molecular weight is 617 g/mol. The zero-order valence-electron chi connectivity index (χ0n) is 25.5. The smallest absolute Gasteiger partial charge is 0.228 e. The van der Waals surface area contributed by atoms with Gasteiger partial charge in [-0.25, -0.2) is 0 Å². The number of carbonyl (C=O) groups excluding carboxylic acids is 2. The number of amides is 2. The molecule has 1 heterocycles. The summed E-state index contributed by atoms with van der Waals surface area (Å²) in [7, 11) is 0. The number of aliphatic hydroxyl groups is 1. The van der Waals surface area contributed by atoms with Gasteiger partial charge in [-0.1, -0.05) is 76.8 Å². The Balaban J connectivity index is 2.51. The summed E-state index contributed by atoms with van der Waals surface area (Å²) in [5.41, 5.74) is -3.91. The first kappa shape index (κ1) is 35.1. The van der Waals surface area contributed by atoms with E-state index in [0.717, 1.165) is 10.6 Å². The number of hydrogen-bond acceptors (Lipinski definition) is 8. The van der Waals surface area contributed by atoms with Crippen molar-refractivity contribution in [2.75, 3.05) is 18.8 Å². The van der Waals surface area contributed by atoms with Crippen LogP contribution in [0.15, 0.2) is 35.2 Å². The lowest BCUT2D eigenvalue weighted by Gasteiger charge is -2.54. The Kier molecular flexibility index (Phi) is 11.5. The standard InChI is InChI=1S/C31H44N4O3S3/c1-22(36)18-34-25(38)30(7,19-27(2,3)31(8,21-33)41-23-12-10-9-11-13-23)28(4,5)29(6,20-32)15-14-24(37)35-16-17-40-26(35)39/h9-13,22,36H,14-19H2,1-8H3,(H,34,38). The van der Waals surface area contributed by atoms with Crippen molar-refractivity contribution in [2.24, 2.45) is 21.7 Å². The van der Waals surface area contributed by atoms with E-state index in [1.54, 1.807) is 11.8 Å². The molecule has 2 rings (SSSR count). The Labute approximate surface area is 259 Å². The van der Waals surface area contributed by atoms with Crippen LogP contribution in [0.25, 0.3) is 0 Å². The number of benzene rings is 1. The molecule has 7 nitrogen and oxygen atoms in total. The minimum atomic E-state index is -1.16. The van der Waals surface area contributed by atoms with Crippen molar-refractivity contribution in [3.05, 3.63) is 30.3 Å². The van der Waals surface area contributed by atoms with Gasteiger partial charge in [0.15, 0.2) is 0 Å². The lowest BCUT2D eigenvalue weighted by molar-refractivity contribution is -0.147. The second kappa shape index (κ2) is 13.5. The van der Waals surface area contributed by atoms with E-state index >= 15 is 0 Å². The molecule has 1 aromatic rings. The van der Waals surface area contributed by atoms with E-state index in [9.17, 15) is 25.2 Å². The second-order valence-corrected chi connectivity index (χ2v) is 16.0. The fourth-order valence-corrected chi connectivity index (χ4v) is 7.74. The molecule has 0 saturated carbocycles. The topological polar surface area (TPSA) is 117 Å². The van der Waals surface area contributed by atoms with Crippen molar-refractivity contribution in [1.29, 1.82) is 10.5 Å². The highest BCUT2D eigenvalue weighted by molar-refractivity contribution is 8.23. The molecule has 1 aliphatic rings. The number of thioether (sulfide) groups is 2. The number of thiocarbonyl (C=S) groups is 1. The van der Waals surface area contributed by atoms with Crippen LogP contribution >= 0.6 is 35.7 Å². The third-order valence-electron chi connectivity index (χ3n) is 9.33. The average Bonchev–Trinajstić information content (AvgIpc) is 3.35. The van der Waals surface area contributed by atoms with Gasteiger partial charge in [0, 0.05) is 30.2 Å². The number of nitrogens with one attached hydrogen (secondary N) is 1. The van der Waals surface area contributed by atoms with Gasteiger partial charge in [0.2, 0.25) is 11.8 Å². The van der Waals surface area contributed by atoms with Crippen LogP contribution in [0.1, 0.15) is 74.7 Å². The molecule has 2 N–H and O–H groups in total. The molecule has 1 saturated heterocycles. The fourth-order valence-electron chi connectivity index (χ4n) is 5.34. The molecule has 1 aromatic carbocycles. The Morgan fingerprint density at radius 1 is 1.12 bits per heavy atom. The van der Waals surface area contributed by atoms with Gasteiger partial charge in [-0.3, -0.25) is 14.5 Å². The van der Waals surface area contributed by atoms with Crippen LogP contribution in [0.2, 0.25) is 0 Å². The molecular weight excluding hydrogens is 573 g/mol. The van der Waals surface area contributed by atoms with Crippen LogP contribution in [-0.2, 0) is 9.59 Å². The summed E-state index contributed by atoms with van der Waals surface area (Å²) in [5, 5.41) is 33.9. The first-order valence-corrected chi connectivity index (χ1v) is 16.1. The van der Waals surface area contributed by atoms with Gasteiger partial charge in [-0.15, -0.1) is 11.8 Å². The summed E-state index contributed by atoms with van der Waals surface area (Å²) < 4.78 is -0.359. The first-order valence-electron chi connectivity index (χ1n) is 13.9. The highest BCUT2D eigenvalue weighted by atomic mass is 32.2. The quantitative estimate of drug-likeness (QED) is 0.199. The molecule has 0 aliphatic carbocycles. The van der Waals surface area contributed by atoms with Crippen LogP contribution in [-0.4, -0.2) is 55.8 Å². The van der Waals surface area contributed by atoms with Gasteiger partial charge in [-0.05, 0) is 56.6 Å². The number of aliphatic hydroxyl groups excluding tert-OH is 1. The van der Waals surface area contributed by atoms with Crippen molar-refractivity contribution in [2.45, 2.75) is 90.4 Å². The molecule has 10 heteroatoms. The van der Waals surface area contributed by atoms with Crippen LogP contribution in [0.3, 0.4) is 0 Å². The monoisotopic (exact) mass is 616 g/mol. The van der Waals surface area contributed by atoms with Crippen molar-refractivity contribution in [1.82, 2.24) is 10.2 Å². The SMILES string of the molecule is CC(O)CNC(=O)C(C)(CC(C)(C)C(C)(C#N)Sc1ccccc1)C(C)(C)C(C)(C#N)CCC(=O)N1CCSC1=S. The lowest BCUT2D eigenvalue weighted by Crippen LogP contribution is -2.58. The van der Waals surface area contributed by atoms with Crippen LogP contribution in [0.4, 0.5) is 0 Å². The van der Waals surface area contributed by atoms with E-state index in [1.807, 2.05) is 78.8 Å². The van der Waals surface area contributed by atoms with E-state index < -0.39 is 32.5 Å². The predicted molar refractivity (Wildman–Crippen MR) is 171 cm³/mol. The molecule has 41 heavy (non-hydrogen) atoms. The zero-order chi connectivity index (χ0) is 31.3. The van der Waals surface area contributed by atoms with Gasteiger partial charge in [0.05, 0.1) is 29.1 Å². The highest BCUT2D eigenvalue weighted by Crippen LogP contribution is 2.60. The van der Waals surface area contributed by atoms with E-state index in [2.05, 4.69) is 17.5 Å². The maximum Gasteiger partial charge on any atom is 0.228 e. The molecule has 2 amide bonds. The normalized spacial score (nSPS) is 19.2. The molecule has 1 aliphatic heterocycles. The summed E-state index contributed by atoms with van der Waals surface area (Å²) in [6, 6.07) is 14.7. The molecule has 0 aromatic heterocycles. The van der Waals surface area contributed by atoms with E-state index in [0.29, 0.717) is 10.9 Å². The minimum absolute atomic E-state index is 0.0606. The van der Waals surface area contributed by atoms with Crippen LogP contribution in [0.5, 0.6) is 0 Å². The van der Waals surface area contributed by atoms with Gasteiger partial charge in [-0.2, -0.15) is 10.5 Å². The van der Waals surface area contributed by atoms with E-state index in [4.69, 9.17) is 12.2 Å². The van der Waals surface area contributed by atoms with Crippen molar-refractivity contribution in [3.8, 4) is 12.1 Å². The van der Waals surface area contributed by atoms with Crippen LogP contribution < -0.4 is 5.32 Å². The number of hydrogen-bond donors (Lipinski definition) is 2. The molecule has 4 unspecified atom stereocenters. The van der Waals surface area contributed by atoms with Gasteiger partial charge < -0.3 is 10.4 Å². The highest BCUT2D eigenvalue weighted by Gasteiger charge is 2.60. The summed E-state index contributed by atoms with van der Waals surface area (Å²) in [5.74, 6) is 0.349. The van der Waals surface area contributed by atoms with Crippen molar-refractivity contribution in [3.63, 3.8) is 0 Å². The van der Waals surface area contributed by atoms with Crippen molar-refractivity contribution >= 4 is 51.9 Å². The van der Waals surface area contributed by atoms with Gasteiger partial charge in [0.25, 0.3) is 0 Å². The summed E-state index contributed by atoms with van der Waals surface area (Å²) in [6.07, 6.45) is -0.101. The molecule has 1 fully saturated rings. The van der Waals surface area contributed by atoms with Crippen LogP contribution in [0, 0.1) is 44.3 Å². The molecule has 0 spiro atoms. The minimum Gasteiger partial charge on any atom is -0.392 e. The largest absolute Gasteiger partial charge is 0.392 e. The third-order valence-corrected chi connectivity index (χ3v) is 12.3. The maximum atomic E-state index is 14.1. The van der Waals surface area contributed by atoms with Crippen molar-refractivity contribution < 1.29 is 14.7 Å². The van der Waals surface area contributed by atoms with E-state index in [1.165, 1.54) is 23.5 Å². The predicted octanol–water partition coefficient (Wildman–Crippen LogP) is 6.18. The Morgan fingerprint density at radius 3 is 2.22 bits per heavy atom. The maximum absolute atomic E-state index is 14.1. The van der Waals surface area contributed by atoms with Gasteiger partial charge >= 0.3 is 0 Å². The number of nitriles is 2. The van der Waals surface area contributed by atoms with E-state index in [-0.39, 0.29) is 37.6 Å². The first-order chi connectivity index (χ1) is 18.9. The lowest BCUT2D eigenvalue weighted by atomic mass is 9.48. The third kappa shape index (κ3) is 7.46. The summed E-state index contributed by atoms with van der Waals surface area (Å²) >= 11 is 8.26. The molecule has 224 valence electrons. The molecular formula is C31H44N4O3S3. The Bertz CT molecular complexity index is 1210. The molecule has 4 atom stereocenters. The zero-order valence-corrected chi connectivity index (χ0v) is 28.0. The molecule has 0 radical (unpaired) electrons. The Morgan fingerprint density at radius 2 is 1.73 bits per heavy atom. The summed E-state index contributed by atoms with van der Waals surface area (Å²) in [6.45, 7) is 15.6. The fraction of sp³-hybridized carbons (Fsp3) is 0.645. The Hall–Kier alpha value is -2.11.